The van der Waals surface area contributed by atoms with Crippen molar-refractivity contribution in [1.82, 2.24) is 0 Å². The molecule has 0 heterocycles. The fourth-order valence-electron chi connectivity index (χ4n) is 1.08. The van der Waals surface area contributed by atoms with Gasteiger partial charge in [-0.2, -0.15) is 0 Å². The molecule has 1 aromatic carbocycles. The first-order valence-electron chi connectivity index (χ1n) is 3.84. The standard InChI is InChI=1S/C10H10O3S.Na/c1-3-8-5-6-10(14(11,12)13)9(4-2)7-8;/h3-7H,1-2H2,(H,11,12,13);/q;+1/p-1. The summed E-state index contributed by atoms with van der Waals surface area (Å²) >= 11 is 0. The van der Waals surface area contributed by atoms with Gasteiger partial charge in [0.05, 0.1) is 4.90 Å². The van der Waals surface area contributed by atoms with Crippen LogP contribution in [0.15, 0.2) is 36.3 Å². The molecule has 1 rings (SSSR count). The SMILES string of the molecule is C=Cc1ccc(S(=O)(=O)[O-])c(C=C)c1.[Na+]. The van der Waals surface area contributed by atoms with Gasteiger partial charge in [-0.25, -0.2) is 8.42 Å². The summed E-state index contributed by atoms with van der Waals surface area (Å²) in [6.45, 7) is 6.98. The monoisotopic (exact) mass is 232 g/mol. The Hall–Kier alpha value is -0.390. The third kappa shape index (κ3) is 3.59. The second-order valence-electron chi connectivity index (χ2n) is 2.66. The molecule has 74 valence electrons. The fraction of sp³-hybridized carbons (Fsp3) is 0. The quantitative estimate of drug-likeness (QED) is 0.490. The van der Waals surface area contributed by atoms with Crippen molar-refractivity contribution in [3.63, 3.8) is 0 Å². The Morgan fingerprint density at radius 1 is 1.20 bits per heavy atom. The molecule has 0 aliphatic carbocycles. The molecule has 0 amide bonds. The first-order chi connectivity index (χ1) is 6.49. The van der Waals surface area contributed by atoms with Gasteiger partial charge in [-0.1, -0.05) is 31.4 Å². The molecule has 0 saturated heterocycles. The van der Waals surface area contributed by atoms with E-state index in [2.05, 4.69) is 13.2 Å². The molecule has 0 spiro atoms. The summed E-state index contributed by atoms with van der Waals surface area (Å²) in [5.41, 5.74) is 1.05. The van der Waals surface area contributed by atoms with Crippen LogP contribution < -0.4 is 29.6 Å². The fourth-order valence-corrected chi connectivity index (χ4v) is 1.75. The molecule has 3 nitrogen and oxygen atoms in total. The minimum absolute atomic E-state index is 0. The second kappa shape index (κ2) is 5.63. The Balaban J connectivity index is 0.00000196. The largest absolute Gasteiger partial charge is 1.00 e. The van der Waals surface area contributed by atoms with Crippen LogP contribution in [0.3, 0.4) is 0 Å². The van der Waals surface area contributed by atoms with E-state index in [0.717, 1.165) is 5.56 Å². The van der Waals surface area contributed by atoms with E-state index in [-0.39, 0.29) is 34.5 Å². The Morgan fingerprint density at radius 3 is 2.20 bits per heavy atom. The van der Waals surface area contributed by atoms with Crippen LogP contribution in [0.25, 0.3) is 12.2 Å². The summed E-state index contributed by atoms with van der Waals surface area (Å²) in [6.07, 6.45) is 2.89. The van der Waals surface area contributed by atoms with Gasteiger partial charge >= 0.3 is 29.6 Å². The molecule has 0 aromatic heterocycles. The van der Waals surface area contributed by atoms with Crippen molar-refractivity contribution in [3.05, 3.63) is 42.5 Å². The van der Waals surface area contributed by atoms with Crippen LogP contribution in [0.1, 0.15) is 11.1 Å². The maximum atomic E-state index is 10.8. The minimum Gasteiger partial charge on any atom is -0.744 e. The van der Waals surface area contributed by atoms with Crippen molar-refractivity contribution in [2.24, 2.45) is 0 Å². The third-order valence-corrected chi connectivity index (χ3v) is 2.67. The summed E-state index contributed by atoms with van der Waals surface area (Å²) < 4.78 is 32.3. The van der Waals surface area contributed by atoms with Crippen LogP contribution in [-0.2, 0) is 10.1 Å². The molecule has 0 N–H and O–H groups in total. The first kappa shape index (κ1) is 14.6. The van der Waals surface area contributed by atoms with E-state index in [9.17, 15) is 13.0 Å². The predicted octanol–water partition coefficient (Wildman–Crippen LogP) is -1.12. The maximum absolute atomic E-state index is 10.8. The van der Waals surface area contributed by atoms with E-state index in [0.29, 0.717) is 5.56 Å². The van der Waals surface area contributed by atoms with Gasteiger partial charge in [0.25, 0.3) is 0 Å². The third-order valence-electron chi connectivity index (χ3n) is 1.76. The van der Waals surface area contributed by atoms with Gasteiger partial charge in [0.1, 0.15) is 10.1 Å². The Morgan fingerprint density at radius 2 is 1.80 bits per heavy atom. The average molecular weight is 232 g/mol. The van der Waals surface area contributed by atoms with E-state index in [4.69, 9.17) is 0 Å². The van der Waals surface area contributed by atoms with Crippen LogP contribution in [0.4, 0.5) is 0 Å². The van der Waals surface area contributed by atoms with Gasteiger partial charge in [0.15, 0.2) is 0 Å². The van der Waals surface area contributed by atoms with Gasteiger partial charge in [-0.3, -0.25) is 0 Å². The van der Waals surface area contributed by atoms with Crippen molar-refractivity contribution < 1.29 is 42.5 Å². The molecule has 5 heteroatoms. The summed E-state index contributed by atoms with van der Waals surface area (Å²) in [5, 5.41) is 0. The minimum atomic E-state index is -4.43. The zero-order valence-corrected chi connectivity index (χ0v) is 11.3. The van der Waals surface area contributed by atoms with Crippen LogP contribution >= 0.6 is 0 Å². The van der Waals surface area contributed by atoms with Crippen molar-refractivity contribution in [2.45, 2.75) is 4.90 Å². The molecule has 15 heavy (non-hydrogen) atoms. The molecule has 0 aliphatic heterocycles. The van der Waals surface area contributed by atoms with Gasteiger partial charge in [-0.15, -0.1) is 0 Å². The zero-order valence-electron chi connectivity index (χ0n) is 8.43. The molecular weight excluding hydrogens is 223 g/mol. The van der Waals surface area contributed by atoms with Crippen molar-refractivity contribution in [2.75, 3.05) is 0 Å². The van der Waals surface area contributed by atoms with Gasteiger partial charge < -0.3 is 4.55 Å². The number of hydrogen-bond acceptors (Lipinski definition) is 3. The Bertz CT molecular complexity index is 477. The van der Waals surface area contributed by atoms with E-state index in [1.165, 1.54) is 18.2 Å². The van der Waals surface area contributed by atoms with Crippen LogP contribution in [-0.4, -0.2) is 13.0 Å². The van der Waals surface area contributed by atoms with E-state index < -0.39 is 10.1 Å². The summed E-state index contributed by atoms with van der Waals surface area (Å²) in [4.78, 5) is -0.252. The number of hydrogen-bond donors (Lipinski definition) is 0. The Kier molecular flexibility index (Phi) is 5.48. The van der Waals surface area contributed by atoms with Crippen molar-refractivity contribution >= 4 is 22.3 Å². The van der Waals surface area contributed by atoms with Crippen LogP contribution in [0.2, 0.25) is 0 Å². The van der Waals surface area contributed by atoms with E-state index >= 15 is 0 Å². The van der Waals surface area contributed by atoms with Crippen LogP contribution in [0, 0.1) is 0 Å². The number of rotatable bonds is 3. The second-order valence-corrected chi connectivity index (χ2v) is 4.01. The zero-order chi connectivity index (χ0) is 10.8. The molecule has 0 radical (unpaired) electrons. The van der Waals surface area contributed by atoms with Crippen LogP contribution in [0.5, 0.6) is 0 Å². The van der Waals surface area contributed by atoms with Gasteiger partial charge in [-0.05, 0) is 23.3 Å². The normalized spacial score (nSPS) is 10.2. The summed E-state index contributed by atoms with van der Waals surface area (Å²) in [7, 11) is -4.43. The smallest absolute Gasteiger partial charge is 0.744 e. The van der Waals surface area contributed by atoms with Gasteiger partial charge in [0, 0.05) is 0 Å². The van der Waals surface area contributed by atoms with Gasteiger partial charge in [0.2, 0.25) is 0 Å². The maximum Gasteiger partial charge on any atom is 1.00 e. The number of benzene rings is 1. The summed E-state index contributed by atoms with van der Waals surface area (Å²) in [6, 6.07) is 4.33. The first-order valence-corrected chi connectivity index (χ1v) is 5.24. The average Bonchev–Trinajstić information content (AvgIpc) is 2.15. The topological polar surface area (TPSA) is 57.2 Å². The molecule has 0 aliphatic rings. The molecule has 0 fully saturated rings. The molecular formula is C10H9NaO3S. The predicted molar refractivity (Wildman–Crippen MR) is 54.6 cm³/mol. The molecule has 0 atom stereocenters. The van der Waals surface area contributed by atoms with E-state index in [1.54, 1.807) is 12.1 Å². The summed E-state index contributed by atoms with van der Waals surface area (Å²) in [5.74, 6) is 0. The molecule has 0 saturated carbocycles. The molecule has 1 aromatic rings. The molecule has 0 bridgehead atoms. The van der Waals surface area contributed by atoms with Crippen molar-refractivity contribution in [3.8, 4) is 0 Å². The molecule has 0 unspecified atom stereocenters. The Labute approximate surface area is 112 Å². The van der Waals surface area contributed by atoms with Crippen molar-refractivity contribution in [1.29, 1.82) is 0 Å². The van der Waals surface area contributed by atoms with E-state index in [1.807, 2.05) is 0 Å².